The predicted molar refractivity (Wildman–Crippen MR) is 70.9 cm³/mol. The zero-order valence-electron chi connectivity index (χ0n) is 11.3. The first-order valence-electron chi connectivity index (χ1n) is 6.91. The molecule has 1 aliphatic carbocycles. The normalized spacial score (nSPS) is 16.1. The molecule has 0 saturated heterocycles. The van der Waals surface area contributed by atoms with Crippen molar-refractivity contribution < 1.29 is 9.59 Å². The van der Waals surface area contributed by atoms with Gasteiger partial charge in [-0.05, 0) is 25.8 Å². The van der Waals surface area contributed by atoms with Gasteiger partial charge >= 0.3 is 0 Å². The van der Waals surface area contributed by atoms with Crippen LogP contribution in [0.25, 0.3) is 0 Å². The van der Waals surface area contributed by atoms with E-state index < -0.39 is 0 Å². The van der Waals surface area contributed by atoms with Gasteiger partial charge in [0.25, 0.3) is 0 Å². The summed E-state index contributed by atoms with van der Waals surface area (Å²) in [5.74, 6) is -0.362. The minimum atomic E-state index is -0.375. The van der Waals surface area contributed by atoms with Crippen LogP contribution in [0.4, 0.5) is 0 Å². The Labute approximate surface area is 109 Å². The van der Waals surface area contributed by atoms with Gasteiger partial charge in [0.15, 0.2) is 0 Å². The molecule has 3 N–H and O–H groups in total. The van der Waals surface area contributed by atoms with Crippen molar-refractivity contribution in [3.8, 4) is 0 Å². The van der Waals surface area contributed by atoms with Gasteiger partial charge in [0.2, 0.25) is 11.8 Å². The van der Waals surface area contributed by atoms with Gasteiger partial charge in [0.1, 0.15) is 0 Å². The molecule has 1 saturated carbocycles. The number of nitrogens with two attached hydrogens (primary N) is 1. The summed E-state index contributed by atoms with van der Waals surface area (Å²) in [6.45, 7) is 3.27. The Morgan fingerprint density at radius 3 is 2.50 bits per heavy atom. The lowest BCUT2D eigenvalue weighted by molar-refractivity contribution is -0.124. The third-order valence-corrected chi connectivity index (χ3v) is 3.29. The quantitative estimate of drug-likeness (QED) is 0.668. The molecule has 0 radical (unpaired) electrons. The number of hydrogen-bond acceptors (Lipinski definition) is 3. The van der Waals surface area contributed by atoms with E-state index in [1.165, 1.54) is 12.8 Å². The maximum absolute atomic E-state index is 11.8. The summed E-state index contributed by atoms with van der Waals surface area (Å²) in [5, 5.41) is 3.03. The van der Waals surface area contributed by atoms with Gasteiger partial charge in [-0.15, -0.1) is 0 Å². The first kappa shape index (κ1) is 15.0. The molecule has 0 aliphatic heterocycles. The average Bonchev–Trinajstić information content (AvgIpc) is 2.77. The molecule has 0 heterocycles. The van der Waals surface area contributed by atoms with Gasteiger partial charge in [-0.25, -0.2) is 0 Å². The molecule has 5 nitrogen and oxygen atoms in total. The van der Waals surface area contributed by atoms with E-state index in [9.17, 15) is 9.59 Å². The zero-order valence-corrected chi connectivity index (χ0v) is 11.3. The van der Waals surface area contributed by atoms with E-state index in [0.717, 1.165) is 32.2 Å². The Balaban J connectivity index is 2.32. The van der Waals surface area contributed by atoms with E-state index in [-0.39, 0.29) is 24.9 Å². The SMILES string of the molecule is CCCCN(CC(N)=O)CC(=O)NC1CCCC1. The largest absolute Gasteiger partial charge is 0.369 e. The second-order valence-corrected chi connectivity index (χ2v) is 5.08. The van der Waals surface area contributed by atoms with Crippen molar-refractivity contribution in [1.29, 1.82) is 0 Å². The Morgan fingerprint density at radius 1 is 1.28 bits per heavy atom. The van der Waals surface area contributed by atoms with Crippen LogP contribution in [0.2, 0.25) is 0 Å². The lowest BCUT2D eigenvalue weighted by atomic mass is 10.2. The predicted octanol–water partition coefficient (Wildman–Crippen LogP) is 0.633. The van der Waals surface area contributed by atoms with Crippen molar-refractivity contribution in [1.82, 2.24) is 10.2 Å². The van der Waals surface area contributed by atoms with Crippen LogP contribution in [0.15, 0.2) is 0 Å². The number of nitrogens with one attached hydrogen (secondary N) is 1. The van der Waals surface area contributed by atoms with Gasteiger partial charge in [-0.2, -0.15) is 0 Å². The van der Waals surface area contributed by atoms with Crippen molar-refractivity contribution in [3.05, 3.63) is 0 Å². The molecule has 1 fully saturated rings. The molecule has 0 bridgehead atoms. The highest BCUT2D eigenvalue weighted by Gasteiger charge is 2.19. The van der Waals surface area contributed by atoms with Gasteiger partial charge in [0.05, 0.1) is 13.1 Å². The van der Waals surface area contributed by atoms with Crippen molar-refractivity contribution in [2.24, 2.45) is 5.73 Å². The zero-order chi connectivity index (χ0) is 13.4. The summed E-state index contributed by atoms with van der Waals surface area (Å²) in [7, 11) is 0. The maximum atomic E-state index is 11.8. The molecule has 1 aliphatic rings. The van der Waals surface area contributed by atoms with Crippen molar-refractivity contribution in [2.45, 2.75) is 51.5 Å². The average molecular weight is 255 g/mol. The summed E-state index contributed by atoms with van der Waals surface area (Å²) >= 11 is 0. The van der Waals surface area contributed by atoms with Gasteiger partial charge < -0.3 is 11.1 Å². The number of amides is 2. The fraction of sp³-hybridized carbons (Fsp3) is 0.846. The van der Waals surface area contributed by atoms with Crippen LogP contribution in [0, 0.1) is 0 Å². The molecule has 0 atom stereocenters. The lowest BCUT2D eigenvalue weighted by Gasteiger charge is -2.21. The summed E-state index contributed by atoms with van der Waals surface area (Å²) in [4.78, 5) is 24.6. The van der Waals surface area contributed by atoms with E-state index >= 15 is 0 Å². The van der Waals surface area contributed by atoms with Crippen LogP contribution in [0.3, 0.4) is 0 Å². The second kappa shape index (κ2) is 8.08. The van der Waals surface area contributed by atoms with Crippen molar-refractivity contribution >= 4 is 11.8 Å². The molecule has 0 aromatic rings. The van der Waals surface area contributed by atoms with Crippen molar-refractivity contribution in [2.75, 3.05) is 19.6 Å². The fourth-order valence-electron chi connectivity index (χ4n) is 2.36. The first-order valence-corrected chi connectivity index (χ1v) is 6.91. The van der Waals surface area contributed by atoms with Crippen molar-refractivity contribution in [3.63, 3.8) is 0 Å². The molecule has 0 spiro atoms. The highest BCUT2D eigenvalue weighted by Crippen LogP contribution is 2.17. The lowest BCUT2D eigenvalue weighted by Crippen LogP contribution is -2.44. The van der Waals surface area contributed by atoms with Crippen LogP contribution in [0.5, 0.6) is 0 Å². The molecule has 2 amide bonds. The molecular formula is C13H25N3O2. The standard InChI is InChI=1S/C13H25N3O2/c1-2-3-8-16(9-12(14)17)10-13(18)15-11-6-4-5-7-11/h11H,2-10H2,1H3,(H2,14,17)(H,15,18). The number of hydrogen-bond donors (Lipinski definition) is 2. The van der Waals surface area contributed by atoms with E-state index in [1.807, 2.05) is 4.90 Å². The minimum Gasteiger partial charge on any atom is -0.369 e. The van der Waals surface area contributed by atoms with Crippen LogP contribution in [-0.4, -0.2) is 42.4 Å². The second-order valence-electron chi connectivity index (χ2n) is 5.08. The monoisotopic (exact) mass is 255 g/mol. The van der Waals surface area contributed by atoms with Crippen LogP contribution in [0.1, 0.15) is 45.4 Å². The van der Waals surface area contributed by atoms with Crippen LogP contribution < -0.4 is 11.1 Å². The summed E-state index contributed by atoms with van der Waals surface area (Å²) < 4.78 is 0. The van der Waals surface area contributed by atoms with E-state index in [2.05, 4.69) is 12.2 Å². The molecule has 1 rings (SSSR count). The number of nitrogens with zero attached hydrogens (tertiary/aromatic N) is 1. The first-order chi connectivity index (χ1) is 8.61. The van der Waals surface area contributed by atoms with E-state index in [4.69, 9.17) is 5.73 Å². The Hall–Kier alpha value is -1.10. The Bertz CT molecular complexity index is 275. The van der Waals surface area contributed by atoms with Gasteiger partial charge in [-0.1, -0.05) is 26.2 Å². The Morgan fingerprint density at radius 2 is 1.94 bits per heavy atom. The topological polar surface area (TPSA) is 75.4 Å². The van der Waals surface area contributed by atoms with Gasteiger partial charge in [0, 0.05) is 6.04 Å². The molecule has 0 aromatic heterocycles. The molecular weight excluding hydrogens is 230 g/mol. The van der Waals surface area contributed by atoms with E-state index in [1.54, 1.807) is 0 Å². The number of carbonyl (C=O) groups excluding carboxylic acids is 2. The molecule has 5 heteroatoms. The van der Waals surface area contributed by atoms with Crippen LogP contribution in [-0.2, 0) is 9.59 Å². The van der Waals surface area contributed by atoms with Crippen LogP contribution >= 0.6 is 0 Å². The summed E-state index contributed by atoms with van der Waals surface area (Å²) in [5.41, 5.74) is 5.19. The molecule has 18 heavy (non-hydrogen) atoms. The third kappa shape index (κ3) is 6.00. The van der Waals surface area contributed by atoms with Gasteiger partial charge in [-0.3, -0.25) is 14.5 Å². The molecule has 0 aromatic carbocycles. The maximum Gasteiger partial charge on any atom is 0.234 e. The smallest absolute Gasteiger partial charge is 0.234 e. The number of unbranched alkanes of at least 4 members (excludes halogenated alkanes) is 1. The summed E-state index contributed by atoms with van der Waals surface area (Å²) in [6.07, 6.45) is 6.58. The number of rotatable bonds is 8. The Kier molecular flexibility index (Phi) is 6.72. The number of carbonyl (C=O) groups is 2. The third-order valence-electron chi connectivity index (χ3n) is 3.29. The highest BCUT2D eigenvalue weighted by molar-refractivity contribution is 5.80. The highest BCUT2D eigenvalue weighted by atomic mass is 16.2. The fourth-order valence-corrected chi connectivity index (χ4v) is 2.36. The molecule has 0 unspecified atom stereocenters. The number of primary amides is 1. The van der Waals surface area contributed by atoms with E-state index in [0.29, 0.717) is 6.04 Å². The summed E-state index contributed by atoms with van der Waals surface area (Å²) in [6, 6.07) is 0.333. The minimum absolute atomic E-state index is 0.0132. The molecule has 104 valence electrons.